The Kier molecular flexibility index (Phi) is 5.72. The minimum atomic E-state index is 0.725. The summed E-state index contributed by atoms with van der Waals surface area (Å²) in [5, 5.41) is 3.59. The lowest BCUT2D eigenvalue weighted by molar-refractivity contribution is 0.296. The molecule has 1 saturated heterocycles. The Morgan fingerprint density at radius 1 is 1.19 bits per heavy atom. The first-order valence-electron chi connectivity index (χ1n) is 7.69. The summed E-state index contributed by atoms with van der Waals surface area (Å²) in [6, 6.07) is 4.24. The minimum Gasteiger partial charge on any atom is -0.490 e. The quantitative estimate of drug-likeness (QED) is 0.870. The van der Waals surface area contributed by atoms with Gasteiger partial charge in [-0.15, -0.1) is 0 Å². The molecule has 2 aliphatic heterocycles. The molecule has 0 atom stereocenters. The second kappa shape index (κ2) is 7.75. The van der Waals surface area contributed by atoms with Gasteiger partial charge in [-0.05, 0) is 70.4 Å². The predicted octanol–water partition coefficient (Wildman–Crippen LogP) is 3.84. The van der Waals surface area contributed by atoms with Gasteiger partial charge in [-0.2, -0.15) is 11.8 Å². The van der Waals surface area contributed by atoms with Gasteiger partial charge in [0.1, 0.15) is 0 Å². The Bertz CT molecular complexity index is 478. The highest BCUT2D eigenvalue weighted by atomic mass is 79.9. The van der Waals surface area contributed by atoms with E-state index in [-0.39, 0.29) is 0 Å². The molecule has 0 bridgehead atoms. The van der Waals surface area contributed by atoms with E-state index < -0.39 is 0 Å². The van der Waals surface area contributed by atoms with Gasteiger partial charge in [-0.1, -0.05) is 0 Å². The fourth-order valence-corrected chi connectivity index (χ4v) is 4.57. The van der Waals surface area contributed by atoms with E-state index in [9.17, 15) is 0 Å². The number of rotatable bonds is 4. The van der Waals surface area contributed by atoms with Crippen molar-refractivity contribution in [3.05, 3.63) is 22.2 Å². The summed E-state index contributed by atoms with van der Waals surface area (Å²) < 4.78 is 12.5. The van der Waals surface area contributed by atoms with Crippen LogP contribution in [0.3, 0.4) is 0 Å². The third kappa shape index (κ3) is 4.30. The van der Waals surface area contributed by atoms with Gasteiger partial charge in [0, 0.05) is 13.0 Å². The van der Waals surface area contributed by atoms with Crippen molar-refractivity contribution in [1.82, 2.24) is 5.32 Å². The Hall–Kier alpha value is -0.390. The number of thioether (sulfide) groups is 1. The van der Waals surface area contributed by atoms with Crippen molar-refractivity contribution in [2.45, 2.75) is 25.8 Å². The predicted molar refractivity (Wildman–Crippen MR) is 91.5 cm³/mol. The van der Waals surface area contributed by atoms with Crippen LogP contribution in [0.2, 0.25) is 0 Å². The van der Waals surface area contributed by atoms with Crippen molar-refractivity contribution in [2.24, 2.45) is 5.92 Å². The molecular weight excluding hydrogens is 350 g/mol. The molecule has 0 unspecified atom stereocenters. The molecule has 0 saturated carbocycles. The largest absolute Gasteiger partial charge is 0.490 e. The molecule has 1 aromatic rings. The van der Waals surface area contributed by atoms with E-state index >= 15 is 0 Å². The summed E-state index contributed by atoms with van der Waals surface area (Å²) in [7, 11) is 0. The number of hydrogen-bond donors (Lipinski definition) is 1. The Balaban J connectivity index is 1.57. The Morgan fingerprint density at radius 2 is 2.00 bits per heavy atom. The van der Waals surface area contributed by atoms with E-state index in [0.717, 1.165) is 54.6 Å². The monoisotopic (exact) mass is 371 g/mol. The minimum absolute atomic E-state index is 0.725. The number of hydrogen-bond acceptors (Lipinski definition) is 4. The summed E-state index contributed by atoms with van der Waals surface area (Å²) >= 11 is 5.68. The van der Waals surface area contributed by atoms with Crippen LogP contribution in [0.1, 0.15) is 24.8 Å². The number of nitrogens with one attached hydrogen (secondary N) is 1. The van der Waals surface area contributed by atoms with Crippen molar-refractivity contribution in [3.63, 3.8) is 0 Å². The van der Waals surface area contributed by atoms with Gasteiger partial charge < -0.3 is 14.8 Å². The highest BCUT2D eigenvalue weighted by Gasteiger charge is 2.16. The molecule has 3 rings (SSSR count). The van der Waals surface area contributed by atoms with Crippen LogP contribution in [0.4, 0.5) is 0 Å². The fraction of sp³-hybridized carbons (Fsp3) is 0.625. The zero-order chi connectivity index (χ0) is 14.5. The van der Waals surface area contributed by atoms with Gasteiger partial charge in [0.25, 0.3) is 0 Å². The molecule has 1 N–H and O–H groups in total. The summed E-state index contributed by atoms with van der Waals surface area (Å²) in [5.74, 6) is 5.20. The lowest BCUT2D eigenvalue weighted by Crippen LogP contribution is -2.25. The zero-order valence-corrected chi connectivity index (χ0v) is 14.6. The third-order valence-electron chi connectivity index (χ3n) is 3.96. The lowest BCUT2D eigenvalue weighted by atomic mass is 10.0. The normalized spacial score (nSPS) is 19.3. The molecule has 0 spiro atoms. The van der Waals surface area contributed by atoms with Gasteiger partial charge in [-0.3, -0.25) is 0 Å². The van der Waals surface area contributed by atoms with Crippen LogP contribution < -0.4 is 14.8 Å². The molecule has 21 heavy (non-hydrogen) atoms. The molecule has 3 nitrogen and oxygen atoms in total. The van der Waals surface area contributed by atoms with Gasteiger partial charge in [0.15, 0.2) is 11.5 Å². The van der Waals surface area contributed by atoms with Crippen molar-refractivity contribution >= 4 is 27.7 Å². The molecule has 2 aliphatic rings. The highest BCUT2D eigenvalue weighted by Crippen LogP contribution is 2.38. The average molecular weight is 372 g/mol. The van der Waals surface area contributed by atoms with Crippen molar-refractivity contribution in [1.29, 1.82) is 0 Å². The second-order valence-electron chi connectivity index (χ2n) is 5.64. The van der Waals surface area contributed by atoms with Crippen LogP contribution in [0, 0.1) is 5.92 Å². The number of fused-ring (bicyclic) bond motifs is 1. The molecule has 2 heterocycles. The van der Waals surface area contributed by atoms with Crippen LogP contribution in [0.25, 0.3) is 0 Å². The fourth-order valence-electron chi connectivity index (χ4n) is 2.76. The summed E-state index contributed by atoms with van der Waals surface area (Å²) in [6.07, 6.45) is 3.64. The molecule has 116 valence electrons. The van der Waals surface area contributed by atoms with Crippen LogP contribution in [-0.4, -0.2) is 31.3 Å². The molecule has 0 radical (unpaired) electrons. The van der Waals surface area contributed by atoms with Crippen LogP contribution in [-0.2, 0) is 6.54 Å². The summed E-state index contributed by atoms with van der Waals surface area (Å²) in [6.45, 7) is 3.46. The number of benzene rings is 1. The number of halogens is 1. The SMILES string of the molecule is Brc1cc(CNCC2CCSCC2)cc2c1OCCCO2. The second-order valence-corrected chi connectivity index (χ2v) is 7.72. The molecule has 0 aliphatic carbocycles. The molecular formula is C16H22BrNO2S. The van der Waals surface area contributed by atoms with Crippen LogP contribution in [0.15, 0.2) is 16.6 Å². The molecule has 5 heteroatoms. The summed E-state index contributed by atoms with van der Waals surface area (Å²) in [4.78, 5) is 0. The Morgan fingerprint density at radius 3 is 2.86 bits per heavy atom. The van der Waals surface area contributed by atoms with E-state index in [4.69, 9.17) is 9.47 Å². The average Bonchev–Trinajstić information content (AvgIpc) is 2.74. The van der Waals surface area contributed by atoms with E-state index in [1.54, 1.807) is 0 Å². The lowest BCUT2D eigenvalue weighted by Gasteiger charge is -2.21. The summed E-state index contributed by atoms with van der Waals surface area (Å²) in [5.41, 5.74) is 1.25. The first-order valence-corrected chi connectivity index (χ1v) is 9.64. The van der Waals surface area contributed by atoms with E-state index in [2.05, 4.69) is 45.1 Å². The third-order valence-corrected chi connectivity index (χ3v) is 5.60. The maximum atomic E-state index is 5.78. The van der Waals surface area contributed by atoms with Crippen LogP contribution >= 0.6 is 27.7 Å². The molecule has 1 aromatic carbocycles. The molecule has 0 aromatic heterocycles. The molecule has 0 amide bonds. The first-order chi connectivity index (χ1) is 10.3. The zero-order valence-electron chi connectivity index (χ0n) is 12.2. The van der Waals surface area contributed by atoms with Gasteiger partial charge in [-0.25, -0.2) is 0 Å². The van der Waals surface area contributed by atoms with E-state index in [1.165, 1.54) is 29.9 Å². The van der Waals surface area contributed by atoms with Crippen molar-refractivity contribution in [2.75, 3.05) is 31.3 Å². The highest BCUT2D eigenvalue weighted by molar-refractivity contribution is 9.10. The smallest absolute Gasteiger partial charge is 0.175 e. The van der Waals surface area contributed by atoms with Crippen molar-refractivity contribution < 1.29 is 9.47 Å². The van der Waals surface area contributed by atoms with Crippen LogP contribution in [0.5, 0.6) is 11.5 Å². The Labute approximate surface area is 139 Å². The molecule has 1 fully saturated rings. The maximum Gasteiger partial charge on any atom is 0.175 e. The first kappa shape index (κ1) is 15.5. The van der Waals surface area contributed by atoms with Crippen molar-refractivity contribution in [3.8, 4) is 11.5 Å². The standard InChI is InChI=1S/C16H22BrNO2S/c17-14-8-13(9-15-16(14)20-5-1-4-19-15)11-18-10-12-2-6-21-7-3-12/h8-9,12,18H,1-7,10-11H2. The van der Waals surface area contributed by atoms with Gasteiger partial charge >= 0.3 is 0 Å². The van der Waals surface area contributed by atoms with Gasteiger partial charge in [0.2, 0.25) is 0 Å². The topological polar surface area (TPSA) is 30.5 Å². The van der Waals surface area contributed by atoms with E-state index in [0.29, 0.717) is 0 Å². The number of ether oxygens (including phenoxy) is 2. The maximum absolute atomic E-state index is 5.78. The van der Waals surface area contributed by atoms with E-state index in [1.807, 2.05) is 0 Å². The van der Waals surface area contributed by atoms with Gasteiger partial charge in [0.05, 0.1) is 17.7 Å².